The fourth-order valence-electron chi connectivity index (χ4n) is 3.49. The molecule has 0 spiro atoms. The quantitative estimate of drug-likeness (QED) is 0.208. The molecule has 3 aromatic carbocycles. The van der Waals surface area contributed by atoms with Gasteiger partial charge in [0.2, 0.25) is 0 Å². The summed E-state index contributed by atoms with van der Waals surface area (Å²) in [6, 6.07) is 14.7. The molecule has 1 heterocycles. The summed E-state index contributed by atoms with van der Waals surface area (Å²) in [7, 11) is 1.37. The van der Waals surface area contributed by atoms with Gasteiger partial charge in [0.15, 0.2) is 22.4 Å². The van der Waals surface area contributed by atoms with E-state index in [1.807, 2.05) is 0 Å². The number of carbonyl (C=O) groups is 2. The molecule has 196 valence electrons. The number of alkyl halides is 3. The molecular weight excluding hydrogens is 544 g/mol. The normalized spacial score (nSPS) is 14.7. The summed E-state index contributed by atoms with van der Waals surface area (Å²) in [4.78, 5) is 26.8. The lowest BCUT2D eigenvalue weighted by atomic mass is 10.1. The van der Waals surface area contributed by atoms with Gasteiger partial charge in [0.1, 0.15) is 5.82 Å². The van der Waals surface area contributed by atoms with Crippen molar-refractivity contribution >= 4 is 57.6 Å². The Balaban J connectivity index is 1.45. The van der Waals surface area contributed by atoms with E-state index in [9.17, 15) is 27.2 Å². The molecule has 0 bridgehead atoms. The number of ether oxygens (including phenoxy) is 2. The summed E-state index contributed by atoms with van der Waals surface area (Å²) in [6.45, 7) is -0.571. The molecule has 0 saturated carbocycles. The smallest absolute Gasteiger partial charge is 0.418 e. The molecule has 38 heavy (non-hydrogen) atoms. The average Bonchev–Trinajstić information content (AvgIpc) is 3.15. The third-order valence-corrected chi connectivity index (χ3v) is 6.53. The van der Waals surface area contributed by atoms with Gasteiger partial charge < -0.3 is 14.8 Å². The van der Waals surface area contributed by atoms with Gasteiger partial charge in [0, 0.05) is 0 Å². The van der Waals surface area contributed by atoms with Crippen molar-refractivity contribution in [3.05, 3.63) is 88.6 Å². The Morgan fingerprint density at radius 2 is 1.79 bits per heavy atom. The maximum Gasteiger partial charge on any atom is 0.418 e. The Bertz CT molecular complexity index is 1430. The number of halogens is 4. The Morgan fingerprint density at radius 3 is 2.47 bits per heavy atom. The molecule has 0 radical (unpaired) electrons. The lowest BCUT2D eigenvalue weighted by Crippen LogP contribution is -2.27. The summed E-state index contributed by atoms with van der Waals surface area (Å²) in [5, 5.41) is 2.20. The van der Waals surface area contributed by atoms with Gasteiger partial charge in [-0.05, 0) is 60.2 Å². The number of methoxy groups -OCH3 is 1. The van der Waals surface area contributed by atoms with Crippen LogP contribution < -0.4 is 19.7 Å². The van der Waals surface area contributed by atoms with E-state index in [1.54, 1.807) is 18.2 Å². The summed E-state index contributed by atoms with van der Waals surface area (Å²) < 4.78 is 63.8. The van der Waals surface area contributed by atoms with Crippen LogP contribution in [0.4, 0.5) is 28.9 Å². The molecule has 0 unspecified atom stereocenters. The van der Waals surface area contributed by atoms with E-state index in [2.05, 4.69) is 5.32 Å². The molecule has 4 rings (SSSR count). The molecule has 2 amide bonds. The first-order valence-electron chi connectivity index (χ1n) is 10.9. The number of hydrogen-bond donors (Lipinski definition) is 1. The van der Waals surface area contributed by atoms with Crippen molar-refractivity contribution in [3.8, 4) is 11.5 Å². The van der Waals surface area contributed by atoms with E-state index in [1.165, 1.54) is 54.5 Å². The Kier molecular flexibility index (Phi) is 8.02. The van der Waals surface area contributed by atoms with Crippen molar-refractivity contribution in [1.29, 1.82) is 0 Å². The van der Waals surface area contributed by atoms with Crippen LogP contribution in [0.1, 0.15) is 11.1 Å². The average molecular weight is 563 g/mol. The van der Waals surface area contributed by atoms with Crippen LogP contribution in [0.5, 0.6) is 11.5 Å². The van der Waals surface area contributed by atoms with Gasteiger partial charge in [-0.3, -0.25) is 14.5 Å². The minimum absolute atomic E-state index is 0.169. The van der Waals surface area contributed by atoms with Crippen molar-refractivity contribution in [2.75, 3.05) is 23.9 Å². The highest BCUT2D eigenvalue weighted by Crippen LogP contribution is 2.38. The zero-order chi connectivity index (χ0) is 27.4. The Labute approximate surface area is 224 Å². The highest BCUT2D eigenvalue weighted by molar-refractivity contribution is 8.27. The molecule has 0 aromatic heterocycles. The molecular formula is C26H18F4N2O4S2. The fraction of sp³-hybridized carbons (Fsp3) is 0.115. The lowest BCUT2D eigenvalue weighted by Gasteiger charge is -2.15. The molecule has 1 saturated heterocycles. The minimum atomic E-state index is -4.63. The van der Waals surface area contributed by atoms with Gasteiger partial charge in [-0.1, -0.05) is 42.2 Å². The summed E-state index contributed by atoms with van der Waals surface area (Å²) in [5.74, 6) is -1.20. The van der Waals surface area contributed by atoms with Gasteiger partial charge in [0.25, 0.3) is 11.8 Å². The Hall–Kier alpha value is -3.90. The molecule has 6 nitrogen and oxygen atoms in total. The second-order valence-electron chi connectivity index (χ2n) is 7.78. The van der Waals surface area contributed by atoms with Crippen molar-refractivity contribution < 1.29 is 36.6 Å². The number of benzene rings is 3. The second-order valence-corrected chi connectivity index (χ2v) is 9.46. The van der Waals surface area contributed by atoms with E-state index < -0.39 is 30.1 Å². The molecule has 12 heteroatoms. The number of thiocarbonyl (C=S) groups is 1. The van der Waals surface area contributed by atoms with Crippen LogP contribution in [0.3, 0.4) is 0 Å². The van der Waals surface area contributed by atoms with E-state index >= 15 is 0 Å². The maximum absolute atomic E-state index is 13.3. The number of para-hydroxylation sites is 1. The molecule has 1 aliphatic rings. The number of nitrogens with zero attached hydrogens (tertiary/aromatic N) is 1. The molecule has 0 atom stereocenters. The van der Waals surface area contributed by atoms with Crippen molar-refractivity contribution in [1.82, 2.24) is 0 Å². The SMILES string of the molecule is COc1cc(/C=C2\SC(=S)N(c3ccc(F)cc3)C2=O)ccc1OCC(=O)Nc1ccccc1C(F)(F)F. The third kappa shape index (κ3) is 6.14. The molecule has 0 aliphatic carbocycles. The zero-order valence-corrected chi connectivity index (χ0v) is 21.2. The fourth-order valence-corrected chi connectivity index (χ4v) is 4.79. The number of carbonyl (C=O) groups excluding carboxylic acids is 2. The van der Waals surface area contributed by atoms with Crippen LogP contribution in [-0.2, 0) is 15.8 Å². The van der Waals surface area contributed by atoms with E-state index in [4.69, 9.17) is 21.7 Å². The standard InChI is InChI=1S/C26H18F4N2O4S2/c1-35-21-12-15(13-22-24(34)32(25(37)38-22)17-9-7-16(27)8-10-17)6-11-20(21)36-14-23(33)31-19-5-3-2-4-18(19)26(28,29)30/h2-13H,14H2,1H3,(H,31,33)/b22-13-. The Morgan fingerprint density at radius 1 is 1.08 bits per heavy atom. The van der Waals surface area contributed by atoms with E-state index in [0.29, 0.717) is 16.2 Å². The lowest BCUT2D eigenvalue weighted by molar-refractivity contribution is -0.137. The van der Waals surface area contributed by atoms with Gasteiger partial charge in [0.05, 0.1) is 29.0 Å². The maximum atomic E-state index is 13.3. The third-order valence-electron chi connectivity index (χ3n) is 5.23. The predicted octanol–water partition coefficient (Wildman–Crippen LogP) is 6.28. The van der Waals surface area contributed by atoms with Gasteiger partial charge >= 0.3 is 6.18 Å². The number of hydrogen-bond acceptors (Lipinski definition) is 6. The van der Waals surface area contributed by atoms with E-state index in [0.717, 1.165) is 23.9 Å². The zero-order valence-electron chi connectivity index (χ0n) is 19.5. The van der Waals surface area contributed by atoms with Crippen molar-refractivity contribution in [2.24, 2.45) is 0 Å². The van der Waals surface area contributed by atoms with Crippen molar-refractivity contribution in [2.45, 2.75) is 6.18 Å². The van der Waals surface area contributed by atoms with E-state index in [-0.39, 0.29) is 27.4 Å². The first-order chi connectivity index (χ1) is 18.1. The largest absolute Gasteiger partial charge is 0.493 e. The van der Waals surface area contributed by atoms with Crippen LogP contribution in [-0.4, -0.2) is 29.9 Å². The van der Waals surface area contributed by atoms with Gasteiger partial charge in [-0.25, -0.2) is 4.39 Å². The number of thioether (sulfide) groups is 1. The first kappa shape index (κ1) is 27.1. The van der Waals surface area contributed by atoms with Crippen molar-refractivity contribution in [3.63, 3.8) is 0 Å². The molecule has 3 aromatic rings. The number of nitrogens with one attached hydrogen (secondary N) is 1. The highest BCUT2D eigenvalue weighted by atomic mass is 32.2. The molecule has 1 N–H and O–H groups in total. The predicted molar refractivity (Wildman–Crippen MR) is 141 cm³/mol. The van der Waals surface area contributed by atoms with Gasteiger partial charge in [-0.15, -0.1) is 0 Å². The van der Waals surface area contributed by atoms with Crippen LogP contribution >= 0.6 is 24.0 Å². The van der Waals surface area contributed by atoms with Crippen LogP contribution in [0, 0.1) is 5.82 Å². The van der Waals surface area contributed by atoms with Crippen LogP contribution in [0.2, 0.25) is 0 Å². The number of amides is 2. The summed E-state index contributed by atoms with van der Waals surface area (Å²) >= 11 is 6.40. The van der Waals surface area contributed by atoms with Gasteiger partial charge in [-0.2, -0.15) is 13.2 Å². The monoisotopic (exact) mass is 562 g/mol. The minimum Gasteiger partial charge on any atom is -0.493 e. The molecule has 1 aliphatic heterocycles. The second kappa shape index (κ2) is 11.2. The summed E-state index contributed by atoms with van der Waals surface area (Å²) in [5.41, 5.74) is -0.346. The highest BCUT2D eigenvalue weighted by Gasteiger charge is 2.34. The summed E-state index contributed by atoms with van der Waals surface area (Å²) in [6.07, 6.45) is -3.03. The number of anilines is 2. The number of rotatable bonds is 7. The van der Waals surface area contributed by atoms with Crippen LogP contribution in [0.15, 0.2) is 71.6 Å². The topological polar surface area (TPSA) is 67.9 Å². The van der Waals surface area contributed by atoms with Crippen LogP contribution in [0.25, 0.3) is 6.08 Å². The first-order valence-corrected chi connectivity index (χ1v) is 12.1. The molecule has 1 fully saturated rings.